The number of hydrogen-bond acceptors (Lipinski definition) is 5. The predicted molar refractivity (Wildman–Crippen MR) is 126 cm³/mol. The second-order valence-corrected chi connectivity index (χ2v) is 11.1. The van der Waals surface area contributed by atoms with Crippen LogP contribution in [0, 0.1) is 0 Å². The summed E-state index contributed by atoms with van der Waals surface area (Å²) < 4.78 is 30.2. The molecular formula is C23H31ClN2O4S. The van der Waals surface area contributed by atoms with Crippen molar-refractivity contribution in [1.82, 2.24) is 4.90 Å². The minimum Gasteiger partial charge on any atom is -0.491 e. The lowest BCUT2D eigenvalue weighted by molar-refractivity contribution is 0.0433. The molecule has 170 valence electrons. The first-order chi connectivity index (χ1) is 14.5. The Bertz CT molecular complexity index is 995. The van der Waals surface area contributed by atoms with E-state index in [1.165, 1.54) is 16.9 Å². The Morgan fingerprint density at radius 1 is 1.26 bits per heavy atom. The highest BCUT2D eigenvalue weighted by Crippen LogP contribution is 2.42. The molecule has 0 saturated carbocycles. The Kier molecular flexibility index (Phi) is 7.21. The van der Waals surface area contributed by atoms with Gasteiger partial charge in [0, 0.05) is 30.1 Å². The van der Waals surface area contributed by atoms with Crippen LogP contribution in [-0.2, 0) is 10.0 Å². The van der Waals surface area contributed by atoms with Crippen molar-refractivity contribution in [1.29, 1.82) is 0 Å². The molecule has 2 unspecified atom stereocenters. The summed E-state index contributed by atoms with van der Waals surface area (Å²) in [5.74, 6) is 0.931. The molecular weight excluding hydrogens is 436 g/mol. The number of halogens is 1. The fourth-order valence-corrected chi connectivity index (χ4v) is 4.92. The number of aliphatic hydroxyl groups is 1. The van der Waals surface area contributed by atoms with Gasteiger partial charge in [-0.05, 0) is 68.8 Å². The van der Waals surface area contributed by atoms with E-state index < -0.39 is 16.1 Å². The highest BCUT2D eigenvalue weighted by atomic mass is 35.5. The number of ether oxygens (including phenoxy) is 1. The normalized spacial score (nSPS) is 19.9. The highest BCUT2D eigenvalue weighted by Gasteiger charge is 2.42. The molecule has 0 aliphatic carbocycles. The second-order valence-electron chi connectivity index (χ2n) is 8.69. The second kappa shape index (κ2) is 9.36. The van der Waals surface area contributed by atoms with E-state index in [0.29, 0.717) is 23.9 Å². The molecule has 1 N–H and O–H groups in total. The fourth-order valence-electron chi connectivity index (χ4n) is 4.21. The molecule has 1 heterocycles. The van der Waals surface area contributed by atoms with E-state index in [4.69, 9.17) is 16.3 Å². The Morgan fingerprint density at radius 3 is 2.55 bits per heavy atom. The maximum atomic E-state index is 11.6. The van der Waals surface area contributed by atoms with E-state index in [9.17, 15) is 13.5 Å². The third kappa shape index (κ3) is 5.71. The molecule has 2 aromatic carbocycles. The van der Waals surface area contributed by atoms with Crippen molar-refractivity contribution in [2.45, 2.75) is 37.8 Å². The quantitative estimate of drug-likeness (QED) is 0.641. The van der Waals surface area contributed by atoms with E-state index in [0.717, 1.165) is 24.2 Å². The molecule has 2 aromatic rings. The minimum absolute atomic E-state index is 0.108. The molecule has 0 bridgehead atoms. The summed E-state index contributed by atoms with van der Waals surface area (Å²) in [6.07, 6.45) is 1.52. The van der Waals surface area contributed by atoms with Crippen LogP contribution in [0.3, 0.4) is 0 Å². The number of nitrogens with zero attached hydrogens (tertiary/aromatic N) is 2. The van der Waals surface area contributed by atoms with E-state index >= 15 is 0 Å². The summed E-state index contributed by atoms with van der Waals surface area (Å²) in [6.45, 7) is 5.98. The summed E-state index contributed by atoms with van der Waals surface area (Å²) in [6, 6.07) is 14.8. The third-order valence-electron chi connectivity index (χ3n) is 6.18. The maximum Gasteiger partial charge on any atom is 0.231 e. The van der Waals surface area contributed by atoms with Crippen molar-refractivity contribution in [2.24, 2.45) is 0 Å². The van der Waals surface area contributed by atoms with E-state index in [2.05, 4.69) is 24.8 Å². The van der Waals surface area contributed by atoms with Gasteiger partial charge in [0.1, 0.15) is 18.5 Å². The number of benzene rings is 2. The highest BCUT2D eigenvalue weighted by molar-refractivity contribution is 7.92. The first-order valence-corrected chi connectivity index (χ1v) is 12.6. The molecule has 1 saturated heterocycles. The lowest BCUT2D eigenvalue weighted by Gasteiger charge is -2.37. The van der Waals surface area contributed by atoms with Crippen LogP contribution in [0.2, 0.25) is 5.02 Å². The minimum atomic E-state index is -3.31. The summed E-state index contributed by atoms with van der Waals surface area (Å²) in [5, 5.41) is 11.3. The number of hydrogen-bond donors (Lipinski definition) is 1. The zero-order valence-electron chi connectivity index (χ0n) is 18.5. The smallest absolute Gasteiger partial charge is 0.231 e. The molecule has 0 aromatic heterocycles. The Labute approximate surface area is 190 Å². The van der Waals surface area contributed by atoms with Gasteiger partial charge in [-0.25, -0.2) is 8.42 Å². The van der Waals surface area contributed by atoms with Gasteiger partial charge in [0.15, 0.2) is 0 Å². The summed E-state index contributed by atoms with van der Waals surface area (Å²) in [7, 11) is -1.80. The average molecular weight is 467 g/mol. The van der Waals surface area contributed by atoms with Crippen LogP contribution in [0.5, 0.6) is 5.75 Å². The van der Waals surface area contributed by atoms with Gasteiger partial charge < -0.3 is 9.84 Å². The standard InChI is InChI=1S/C23H31ClN2O4S/c1-23(2)22(17-6-5-7-18(24)14-17)12-13-26(23)15-20(27)16-30-21-10-8-19(9-11-21)25(3)31(4,28)29/h5-11,14,20,22,27H,12-13,15-16H2,1-4H3. The molecule has 31 heavy (non-hydrogen) atoms. The topological polar surface area (TPSA) is 70.1 Å². The molecule has 1 aliphatic rings. The van der Waals surface area contributed by atoms with Crippen molar-refractivity contribution in [2.75, 3.05) is 37.3 Å². The number of sulfonamides is 1. The Morgan fingerprint density at radius 2 is 1.94 bits per heavy atom. The summed E-state index contributed by atoms with van der Waals surface area (Å²) >= 11 is 6.18. The van der Waals surface area contributed by atoms with Crippen molar-refractivity contribution in [3.63, 3.8) is 0 Å². The monoisotopic (exact) mass is 466 g/mol. The van der Waals surface area contributed by atoms with E-state index in [1.807, 2.05) is 18.2 Å². The van der Waals surface area contributed by atoms with Gasteiger partial charge >= 0.3 is 0 Å². The van der Waals surface area contributed by atoms with Gasteiger partial charge in [-0.3, -0.25) is 9.21 Å². The van der Waals surface area contributed by atoms with Crippen LogP contribution in [-0.4, -0.2) is 63.1 Å². The van der Waals surface area contributed by atoms with Gasteiger partial charge in [0.05, 0.1) is 11.9 Å². The molecule has 1 fully saturated rings. The van der Waals surface area contributed by atoms with Crippen LogP contribution in [0.1, 0.15) is 31.7 Å². The van der Waals surface area contributed by atoms with E-state index in [-0.39, 0.29) is 12.1 Å². The number of β-amino-alcohol motifs (C(OH)–C–C–N with tert-alkyl or cyclic N) is 1. The molecule has 3 rings (SSSR count). The first-order valence-electron chi connectivity index (χ1n) is 10.3. The molecule has 0 amide bonds. The molecule has 8 heteroatoms. The van der Waals surface area contributed by atoms with Crippen LogP contribution in [0.15, 0.2) is 48.5 Å². The molecule has 6 nitrogen and oxygen atoms in total. The van der Waals surface area contributed by atoms with Gasteiger partial charge in [-0.15, -0.1) is 0 Å². The zero-order valence-corrected chi connectivity index (χ0v) is 20.0. The Hall–Kier alpha value is -1.80. The van der Waals surface area contributed by atoms with Gasteiger partial charge in [0.25, 0.3) is 0 Å². The maximum absolute atomic E-state index is 11.6. The Balaban J connectivity index is 1.56. The lowest BCUT2D eigenvalue weighted by Crippen LogP contribution is -2.46. The average Bonchev–Trinajstić information content (AvgIpc) is 2.99. The summed E-state index contributed by atoms with van der Waals surface area (Å²) in [5.41, 5.74) is 1.68. The number of rotatable bonds is 8. The van der Waals surface area contributed by atoms with Crippen molar-refractivity contribution < 1.29 is 18.3 Å². The SMILES string of the molecule is CN(c1ccc(OCC(O)CN2CCC(c3cccc(Cl)c3)C2(C)C)cc1)S(C)(=O)=O. The van der Waals surface area contributed by atoms with Crippen LogP contribution in [0.25, 0.3) is 0 Å². The van der Waals surface area contributed by atoms with Gasteiger partial charge in [-0.2, -0.15) is 0 Å². The van der Waals surface area contributed by atoms with Crippen LogP contribution < -0.4 is 9.04 Å². The van der Waals surface area contributed by atoms with Gasteiger partial charge in [0.2, 0.25) is 10.0 Å². The fraction of sp³-hybridized carbons (Fsp3) is 0.478. The van der Waals surface area contributed by atoms with Gasteiger partial charge in [-0.1, -0.05) is 23.7 Å². The molecule has 1 aliphatic heterocycles. The molecule has 2 atom stereocenters. The first kappa shape index (κ1) is 23.9. The van der Waals surface area contributed by atoms with E-state index in [1.54, 1.807) is 24.3 Å². The lowest BCUT2D eigenvalue weighted by atomic mass is 9.82. The van der Waals surface area contributed by atoms with Crippen molar-refractivity contribution in [3.05, 3.63) is 59.1 Å². The predicted octanol–water partition coefficient (Wildman–Crippen LogP) is 3.74. The van der Waals surface area contributed by atoms with Crippen molar-refractivity contribution >= 4 is 27.3 Å². The largest absolute Gasteiger partial charge is 0.491 e. The molecule has 0 spiro atoms. The molecule has 0 radical (unpaired) electrons. The zero-order chi connectivity index (χ0) is 22.8. The van der Waals surface area contributed by atoms with Crippen molar-refractivity contribution in [3.8, 4) is 5.75 Å². The third-order valence-corrected chi connectivity index (χ3v) is 7.62. The number of anilines is 1. The number of aliphatic hydroxyl groups excluding tert-OH is 1. The number of likely N-dealkylation sites (tertiary alicyclic amines) is 1. The van der Waals surface area contributed by atoms with Crippen LogP contribution in [0.4, 0.5) is 5.69 Å². The van der Waals surface area contributed by atoms with Crippen LogP contribution >= 0.6 is 11.6 Å². The summed E-state index contributed by atoms with van der Waals surface area (Å²) in [4.78, 5) is 2.30.